The molecule has 0 bridgehead atoms. The molecule has 3 N–H and O–H groups in total. The Kier molecular flexibility index (Phi) is 5.25. The van der Waals surface area contributed by atoms with Crippen LogP contribution in [0.4, 0.5) is 17.1 Å². The number of nitrogens with zero attached hydrogens (tertiary/aromatic N) is 1. The van der Waals surface area contributed by atoms with Gasteiger partial charge in [-0.25, -0.2) is 0 Å². The molecule has 0 radical (unpaired) electrons. The molecule has 0 spiro atoms. The van der Waals surface area contributed by atoms with Crippen LogP contribution in [0.2, 0.25) is 0 Å². The second-order valence-corrected chi connectivity index (χ2v) is 6.45. The van der Waals surface area contributed by atoms with Crippen LogP contribution in [0, 0.1) is 0 Å². The van der Waals surface area contributed by atoms with Crippen LogP contribution in [0.5, 0.6) is 0 Å². The molecule has 0 atom stereocenters. The predicted octanol–water partition coefficient (Wildman–Crippen LogP) is 3.87. The van der Waals surface area contributed by atoms with Gasteiger partial charge in [0.05, 0.1) is 17.9 Å². The van der Waals surface area contributed by atoms with Crippen LogP contribution in [0.15, 0.2) is 51.4 Å². The summed E-state index contributed by atoms with van der Waals surface area (Å²) in [5, 5.41) is 2.85. The Bertz CT molecular complexity index is 661. The van der Waals surface area contributed by atoms with E-state index in [4.69, 9.17) is 5.73 Å². The summed E-state index contributed by atoms with van der Waals surface area (Å²) in [6.07, 6.45) is 0. The van der Waals surface area contributed by atoms with Gasteiger partial charge in [-0.2, -0.15) is 0 Å². The summed E-state index contributed by atoms with van der Waals surface area (Å²) >= 11 is 6.74. The molecule has 0 unspecified atom stereocenters. The van der Waals surface area contributed by atoms with Crippen molar-refractivity contribution in [3.8, 4) is 0 Å². The van der Waals surface area contributed by atoms with Gasteiger partial charge < -0.3 is 16.0 Å². The van der Waals surface area contributed by atoms with Crippen LogP contribution < -0.4 is 16.0 Å². The van der Waals surface area contributed by atoms with Gasteiger partial charge in [0.15, 0.2) is 0 Å². The van der Waals surface area contributed by atoms with E-state index in [2.05, 4.69) is 37.2 Å². The van der Waals surface area contributed by atoms with Crippen molar-refractivity contribution < 1.29 is 4.79 Å². The molecule has 6 heteroatoms. The maximum absolute atomic E-state index is 12.1. The summed E-state index contributed by atoms with van der Waals surface area (Å²) in [6.45, 7) is 0.221. The van der Waals surface area contributed by atoms with E-state index in [1.165, 1.54) is 0 Å². The van der Waals surface area contributed by atoms with Crippen molar-refractivity contribution in [1.29, 1.82) is 0 Å². The number of nitrogen functional groups attached to an aromatic ring is 1. The molecule has 4 nitrogen and oxygen atoms in total. The molecule has 0 fully saturated rings. The van der Waals surface area contributed by atoms with Crippen LogP contribution in [-0.2, 0) is 4.79 Å². The molecular weight excluding hydrogens is 398 g/mol. The van der Waals surface area contributed by atoms with Crippen molar-refractivity contribution >= 4 is 54.8 Å². The molecule has 2 aromatic carbocycles. The lowest BCUT2D eigenvalue weighted by Gasteiger charge is -2.20. The number of carbonyl (C=O) groups excluding carboxylic acids is 1. The SMILES string of the molecule is CN(CC(=O)Nc1cccc(Br)c1)c1ccc(Br)cc1N. The van der Waals surface area contributed by atoms with Gasteiger partial charge in [-0.15, -0.1) is 0 Å². The minimum atomic E-state index is -0.0991. The third-order valence-corrected chi connectivity index (χ3v) is 3.88. The Labute approximate surface area is 140 Å². The second-order valence-electron chi connectivity index (χ2n) is 4.62. The standard InChI is InChI=1S/C15H15Br2N3O/c1-20(14-6-5-11(17)8-13(14)18)9-15(21)19-12-4-2-3-10(16)7-12/h2-8H,9,18H2,1H3,(H,19,21). The van der Waals surface area contributed by atoms with Crippen molar-refractivity contribution in [1.82, 2.24) is 0 Å². The highest BCUT2D eigenvalue weighted by Crippen LogP contribution is 2.25. The number of anilines is 3. The lowest BCUT2D eigenvalue weighted by Crippen LogP contribution is -2.30. The minimum Gasteiger partial charge on any atom is -0.397 e. The number of carbonyl (C=O) groups is 1. The number of halogens is 2. The zero-order valence-corrected chi connectivity index (χ0v) is 14.6. The Hall–Kier alpha value is -1.53. The number of amides is 1. The predicted molar refractivity (Wildman–Crippen MR) is 94.6 cm³/mol. The number of hydrogen-bond acceptors (Lipinski definition) is 3. The van der Waals surface area contributed by atoms with Gasteiger partial charge in [-0.05, 0) is 36.4 Å². The molecule has 0 saturated heterocycles. The Balaban J connectivity index is 2.02. The summed E-state index contributed by atoms with van der Waals surface area (Å²) in [7, 11) is 1.83. The zero-order chi connectivity index (χ0) is 15.4. The first-order chi connectivity index (χ1) is 9.95. The number of benzene rings is 2. The summed E-state index contributed by atoms with van der Waals surface area (Å²) in [5.74, 6) is -0.0991. The van der Waals surface area contributed by atoms with E-state index in [1.54, 1.807) is 0 Å². The van der Waals surface area contributed by atoms with Crippen LogP contribution in [-0.4, -0.2) is 19.5 Å². The molecule has 1 amide bonds. The first-order valence-corrected chi connectivity index (χ1v) is 7.86. The van der Waals surface area contributed by atoms with Crippen LogP contribution >= 0.6 is 31.9 Å². The topological polar surface area (TPSA) is 58.4 Å². The van der Waals surface area contributed by atoms with Crippen LogP contribution in [0.25, 0.3) is 0 Å². The molecular formula is C15H15Br2N3O. The van der Waals surface area contributed by atoms with Gasteiger partial charge in [0.25, 0.3) is 0 Å². The molecule has 21 heavy (non-hydrogen) atoms. The monoisotopic (exact) mass is 411 g/mol. The fraction of sp³-hybridized carbons (Fsp3) is 0.133. The molecule has 0 aliphatic heterocycles. The van der Waals surface area contributed by atoms with E-state index in [9.17, 15) is 4.79 Å². The van der Waals surface area contributed by atoms with Gasteiger partial charge >= 0.3 is 0 Å². The minimum absolute atomic E-state index is 0.0991. The largest absolute Gasteiger partial charge is 0.397 e. The van der Waals surface area contributed by atoms with Crippen molar-refractivity contribution in [3.63, 3.8) is 0 Å². The third-order valence-electron chi connectivity index (χ3n) is 2.89. The summed E-state index contributed by atoms with van der Waals surface area (Å²) in [4.78, 5) is 13.9. The Morgan fingerprint density at radius 1 is 1.19 bits per heavy atom. The molecule has 2 aromatic rings. The van der Waals surface area contributed by atoms with Crippen molar-refractivity contribution in [2.75, 3.05) is 29.5 Å². The lowest BCUT2D eigenvalue weighted by atomic mass is 10.2. The van der Waals surface area contributed by atoms with Gasteiger partial charge in [-0.1, -0.05) is 37.9 Å². The number of rotatable bonds is 4. The normalized spacial score (nSPS) is 10.2. The fourth-order valence-corrected chi connectivity index (χ4v) is 2.72. The summed E-state index contributed by atoms with van der Waals surface area (Å²) in [6, 6.07) is 13.1. The highest BCUT2D eigenvalue weighted by molar-refractivity contribution is 9.10. The Morgan fingerprint density at radius 2 is 1.90 bits per heavy atom. The Morgan fingerprint density at radius 3 is 2.57 bits per heavy atom. The van der Waals surface area contributed by atoms with Gasteiger partial charge in [0.1, 0.15) is 0 Å². The van der Waals surface area contributed by atoms with E-state index in [0.29, 0.717) is 5.69 Å². The maximum Gasteiger partial charge on any atom is 0.243 e. The highest BCUT2D eigenvalue weighted by Gasteiger charge is 2.10. The number of nitrogens with two attached hydrogens (primary N) is 1. The lowest BCUT2D eigenvalue weighted by molar-refractivity contribution is -0.114. The molecule has 2 rings (SSSR count). The van der Waals surface area contributed by atoms with E-state index >= 15 is 0 Å². The average molecular weight is 413 g/mol. The molecule has 110 valence electrons. The van der Waals surface area contributed by atoms with Crippen molar-refractivity contribution in [2.45, 2.75) is 0 Å². The molecule has 0 saturated carbocycles. The first kappa shape index (κ1) is 15.9. The van der Waals surface area contributed by atoms with Crippen molar-refractivity contribution in [3.05, 3.63) is 51.4 Å². The third kappa shape index (κ3) is 4.47. The number of likely N-dealkylation sites (N-methyl/N-ethyl adjacent to an activating group) is 1. The van der Waals surface area contributed by atoms with Crippen LogP contribution in [0.1, 0.15) is 0 Å². The van der Waals surface area contributed by atoms with E-state index in [1.807, 2.05) is 54.4 Å². The van der Waals surface area contributed by atoms with Gasteiger partial charge in [0.2, 0.25) is 5.91 Å². The van der Waals surface area contributed by atoms with E-state index in [0.717, 1.165) is 20.3 Å². The maximum atomic E-state index is 12.1. The van der Waals surface area contributed by atoms with E-state index < -0.39 is 0 Å². The number of hydrogen-bond donors (Lipinski definition) is 2. The summed E-state index contributed by atoms with van der Waals surface area (Å²) in [5.41, 5.74) is 8.17. The zero-order valence-electron chi connectivity index (χ0n) is 11.4. The molecule has 0 aliphatic rings. The average Bonchev–Trinajstić information content (AvgIpc) is 2.38. The fourth-order valence-electron chi connectivity index (χ4n) is 1.94. The quantitative estimate of drug-likeness (QED) is 0.749. The van der Waals surface area contributed by atoms with E-state index in [-0.39, 0.29) is 12.5 Å². The molecule has 0 heterocycles. The molecule has 0 aliphatic carbocycles. The molecule has 0 aromatic heterocycles. The first-order valence-electron chi connectivity index (χ1n) is 6.27. The van der Waals surface area contributed by atoms with Gasteiger partial charge in [0, 0.05) is 21.7 Å². The van der Waals surface area contributed by atoms with Crippen LogP contribution in [0.3, 0.4) is 0 Å². The van der Waals surface area contributed by atoms with Gasteiger partial charge in [-0.3, -0.25) is 4.79 Å². The smallest absolute Gasteiger partial charge is 0.243 e. The number of nitrogens with one attached hydrogen (secondary N) is 1. The summed E-state index contributed by atoms with van der Waals surface area (Å²) < 4.78 is 1.83. The van der Waals surface area contributed by atoms with Crippen molar-refractivity contribution in [2.24, 2.45) is 0 Å². The highest BCUT2D eigenvalue weighted by atomic mass is 79.9. The second kappa shape index (κ2) is 6.95.